The highest BCUT2D eigenvalue weighted by molar-refractivity contribution is 6.32. The fourth-order valence-corrected chi connectivity index (χ4v) is 3.60. The summed E-state index contributed by atoms with van der Waals surface area (Å²) in [6.07, 6.45) is 0.795. The highest BCUT2D eigenvalue weighted by Gasteiger charge is 2.27. The molecule has 1 saturated heterocycles. The van der Waals surface area contributed by atoms with Crippen molar-refractivity contribution in [3.05, 3.63) is 22.7 Å². The minimum absolute atomic E-state index is 0.0113. The Labute approximate surface area is 149 Å². The van der Waals surface area contributed by atoms with Crippen LogP contribution in [0.1, 0.15) is 25.8 Å². The molecule has 0 bridgehead atoms. The molecule has 1 fully saturated rings. The van der Waals surface area contributed by atoms with E-state index in [4.69, 9.17) is 16.3 Å². The van der Waals surface area contributed by atoms with Crippen LogP contribution < -0.4 is 4.74 Å². The second-order valence-corrected chi connectivity index (χ2v) is 7.33. The van der Waals surface area contributed by atoms with Gasteiger partial charge in [0.15, 0.2) is 11.5 Å². The molecule has 0 spiro atoms. The van der Waals surface area contributed by atoms with Crippen LogP contribution in [0, 0.1) is 5.92 Å². The molecule has 1 unspecified atom stereocenters. The predicted molar refractivity (Wildman–Crippen MR) is 96.8 cm³/mol. The summed E-state index contributed by atoms with van der Waals surface area (Å²) in [5, 5.41) is 19.5. The van der Waals surface area contributed by atoms with Crippen molar-refractivity contribution in [1.82, 2.24) is 9.80 Å². The summed E-state index contributed by atoms with van der Waals surface area (Å²) in [5.41, 5.74) is 1.02. The number of phenols is 1. The first-order valence-corrected chi connectivity index (χ1v) is 8.95. The van der Waals surface area contributed by atoms with Crippen LogP contribution in [0.2, 0.25) is 5.02 Å². The minimum Gasteiger partial charge on any atom is -0.503 e. The molecular formula is C18H29ClN2O3. The normalized spacial score (nSPS) is 19.8. The van der Waals surface area contributed by atoms with Crippen molar-refractivity contribution in [3.8, 4) is 11.5 Å². The highest BCUT2D eigenvalue weighted by atomic mass is 35.5. The van der Waals surface area contributed by atoms with Crippen LogP contribution in [0.25, 0.3) is 0 Å². The van der Waals surface area contributed by atoms with Gasteiger partial charge >= 0.3 is 0 Å². The summed E-state index contributed by atoms with van der Waals surface area (Å²) in [6, 6.07) is 4.00. The lowest BCUT2D eigenvalue weighted by Gasteiger charge is -2.42. The highest BCUT2D eigenvalue weighted by Crippen LogP contribution is 2.35. The zero-order valence-electron chi connectivity index (χ0n) is 14.8. The largest absolute Gasteiger partial charge is 0.503 e. The first-order valence-electron chi connectivity index (χ1n) is 8.57. The van der Waals surface area contributed by atoms with Gasteiger partial charge in [-0.15, -0.1) is 0 Å². The quantitative estimate of drug-likeness (QED) is 0.786. The molecule has 0 radical (unpaired) electrons. The smallest absolute Gasteiger partial charge is 0.176 e. The molecule has 1 aromatic rings. The second kappa shape index (κ2) is 8.90. The fraction of sp³-hybridized carbons (Fsp3) is 0.667. The van der Waals surface area contributed by atoms with E-state index in [1.807, 2.05) is 6.07 Å². The van der Waals surface area contributed by atoms with Gasteiger partial charge in [-0.25, -0.2) is 0 Å². The van der Waals surface area contributed by atoms with Gasteiger partial charge in [-0.1, -0.05) is 25.4 Å². The molecule has 24 heavy (non-hydrogen) atoms. The number of methoxy groups -OCH3 is 1. The molecule has 1 aliphatic rings. The number of rotatable bonds is 7. The van der Waals surface area contributed by atoms with Gasteiger partial charge in [0.25, 0.3) is 0 Å². The van der Waals surface area contributed by atoms with Crippen molar-refractivity contribution in [2.45, 2.75) is 32.9 Å². The van der Waals surface area contributed by atoms with Crippen LogP contribution >= 0.6 is 11.6 Å². The number of piperazine rings is 1. The van der Waals surface area contributed by atoms with Gasteiger partial charge in [0.2, 0.25) is 0 Å². The molecule has 0 amide bonds. The maximum Gasteiger partial charge on any atom is 0.176 e. The van der Waals surface area contributed by atoms with E-state index in [2.05, 4.69) is 23.6 Å². The predicted octanol–water partition coefficient (Wildman–Crippen LogP) is 2.58. The minimum atomic E-state index is -0.0113. The summed E-state index contributed by atoms with van der Waals surface area (Å²) < 4.78 is 5.18. The summed E-state index contributed by atoms with van der Waals surface area (Å²) in [6.45, 7) is 9.41. The lowest BCUT2D eigenvalue weighted by Crippen LogP contribution is -2.53. The number of aliphatic hydroxyl groups is 1. The summed E-state index contributed by atoms with van der Waals surface area (Å²) >= 11 is 6.08. The van der Waals surface area contributed by atoms with E-state index < -0.39 is 0 Å². The van der Waals surface area contributed by atoms with E-state index in [1.54, 1.807) is 6.07 Å². The molecule has 2 rings (SSSR count). The average molecular weight is 357 g/mol. The molecule has 6 heteroatoms. The molecule has 0 aliphatic carbocycles. The van der Waals surface area contributed by atoms with Gasteiger partial charge < -0.3 is 14.9 Å². The van der Waals surface area contributed by atoms with Crippen molar-refractivity contribution >= 4 is 11.6 Å². The van der Waals surface area contributed by atoms with Crippen LogP contribution in [-0.4, -0.2) is 66.0 Å². The van der Waals surface area contributed by atoms with E-state index >= 15 is 0 Å². The summed E-state index contributed by atoms with van der Waals surface area (Å²) in [4.78, 5) is 4.86. The molecule has 5 nitrogen and oxygen atoms in total. The number of phenolic OH excluding ortho intramolecular Hbond substituents is 1. The molecular weight excluding hydrogens is 328 g/mol. The Balaban J connectivity index is 2.04. The lowest BCUT2D eigenvalue weighted by atomic mass is 10.1. The molecule has 1 heterocycles. The maximum absolute atomic E-state index is 9.85. The third kappa shape index (κ3) is 4.99. The molecule has 1 aliphatic heterocycles. The van der Waals surface area contributed by atoms with Gasteiger partial charge in [0.05, 0.1) is 12.1 Å². The van der Waals surface area contributed by atoms with Crippen LogP contribution in [0.15, 0.2) is 12.1 Å². The lowest BCUT2D eigenvalue weighted by molar-refractivity contribution is 0.0476. The van der Waals surface area contributed by atoms with Gasteiger partial charge in [-0.3, -0.25) is 9.80 Å². The zero-order chi connectivity index (χ0) is 17.7. The number of hydrogen-bond acceptors (Lipinski definition) is 5. The van der Waals surface area contributed by atoms with E-state index in [0.717, 1.165) is 44.7 Å². The van der Waals surface area contributed by atoms with E-state index in [1.165, 1.54) is 7.11 Å². The van der Waals surface area contributed by atoms with Crippen LogP contribution in [0.4, 0.5) is 0 Å². The Hall–Kier alpha value is -1.01. The zero-order valence-corrected chi connectivity index (χ0v) is 15.6. The van der Waals surface area contributed by atoms with Crippen molar-refractivity contribution in [2.75, 3.05) is 39.9 Å². The Morgan fingerprint density at radius 2 is 2.08 bits per heavy atom. The maximum atomic E-state index is 9.85. The van der Waals surface area contributed by atoms with E-state index in [0.29, 0.717) is 22.7 Å². The Morgan fingerprint density at radius 3 is 2.71 bits per heavy atom. The SMILES string of the molecule is COc1cc(CN2CCN(CC(C)C)C(CCO)C2)cc(Cl)c1O. The second-order valence-electron chi connectivity index (χ2n) is 6.92. The number of aliphatic hydroxyl groups excluding tert-OH is 1. The van der Waals surface area contributed by atoms with Crippen LogP contribution in [0.3, 0.4) is 0 Å². The number of ether oxygens (including phenoxy) is 1. The first-order chi connectivity index (χ1) is 11.4. The Kier molecular flexibility index (Phi) is 7.16. The first kappa shape index (κ1) is 19.3. The van der Waals surface area contributed by atoms with Crippen molar-refractivity contribution in [3.63, 3.8) is 0 Å². The Bertz CT molecular complexity index is 539. The van der Waals surface area contributed by atoms with E-state index in [9.17, 15) is 10.2 Å². The number of hydrogen-bond donors (Lipinski definition) is 2. The van der Waals surface area contributed by atoms with Crippen LogP contribution in [-0.2, 0) is 6.54 Å². The third-order valence-electron chi connectivity index (χ3n) is 4.47. The molecule has 1 aromatic carbocycles. The number of nitrogens with zero attached hydrogens (tertiary/aromatic N) is 2. The number of halogens is 1. The van der Waals surface area contributed by atoms with Gasteiger partial charge in [-0.05, 0) is 30.0 Å². The third-order valence-corrected chi connectivity index (χ3v) is 4.75. The molecule has 1 atom stereocenters. The Morgan fingerprint density at radius 1 is 1.33 bits per heavy atom. The summed E-state index contributed by atoms with van der Waals surface area (Å²) in [7, 11) is 1.52. The van der Waals surface area contributed by atoms with Gasteiger partial charge in [0, 0.05) is 45.4 Å². The van der Waals surface area contributed by atoms with Crippen LogP contribution in [0.5, 0.6) is 11.5 Å². The average Bonchev–Trinajstić information content (AvgIpc) is 2.53. The summed E-state index contributed by atoms with van der Waals surface area (Å²) in [5.74, 6) is 1.02. The van der Waals surface area contributed by atoms with Gasteiger partial charge in [0.1, 0.15) is 0 Å². The fourth-order valence-electron chi connectivity index (χ4n) is 3.37. The number of aromatic hydroxyl groups is 1. The monoisotopic (exact) mass is 356 g/mol. The molecule has 2 N–H and O–H groups in total. The van der Waals surface area contributed by atoms with Gasteiger partial charge in [-0.2, -0.15) is 0 Å². The topological polar surface area (TPSA) is 56.2 Å². The van der Waals surface area contributed by atoms with Crippen molar-refractivity contribution in [2.24, 2.45) is 5.92 Å². The van der Waals surface area contributed by atoms with E-state index in [-0.39, 0.29) is 12.4 Å². The molecule has 136 valence electrons. The molecule has 0 aromatic heterocycles. The van der Waals surface area contributed by atoms with Crippen molar-refractivity contribution < 1.29 is 14.9 Å². The molecule has 0 saturated carbocycles. The standard InChI is InChI=1S/C18H29ClN2O3/c1-13(2)10-21-6-5-20(12-15(21)4-7-22)11-14-8-16(19)18(23)17(9-14)24-3/h8-9,13,15,22-23H,4-7,10-12H2,1-3H3. The number of benzene rings is 1. The van der Waals surface area contributed by atoms with Crippen molar-refractivity contribution in [1.29, 1.82) is 0 Å².